The van der Waals surface area contributed by atoms with Crippen molar-refractivity contribution in [2.45, 2.75) is 31.9 Å². The number of amides is 1. The molecule has 3 atom stereocenters. The maximum absolute atomic E-state index is 11.6. The van der Waals surface area contributed by atoms with E-state index in [0.717, 1.165) is 6.42 Å². The summed E-state index contributed by atoms with van der Waals surface area (Å²) in [5, 5.41) is 0. The smallest absolute Gasteiger partial charge is 0.235 e. The maximum atomic E-state index is 11.6. The van der Waals surface area contributed by atoms with Gasteiger partial charge in [-0.05, 0) is 33.1 Å². The molecule has 4 heteroatoms. The highest BCUT2D eigenvalue weighted by molar-refractivity contribution is 7.85. The SMILES string of the molecule is C=CC1CC1C(=O)NS(=O)C(C)(C)C. The van der Waals surface area contributed by atoms with E-state index >= 15 is 0 Å². The van der Waals surface area contributed by atoms with Gasteiger partial charge < -0.3 is 0 Å². The molecular weight excluding hydrogens is 198 g/mol. The van der Waals surface area contributed by atoms with E-state index in [1.165, 1.54) is 0 Å². The zero-order valence-corrected chi connectivity index (χ0v) is 9.69. The summed E-state index contributed by atoms with van der Waals surface area (Å²) in [6, 6.07) is 0. The molecule has 0 spiro atoms. The van der Waals surface area contributed by atoms with E-state index in [9.17, 15) is 9.00 Å². The zero-order valence-electron chi connectivity index (χ0n) is 8.87. The van der Waals surface area contributed by atoms with E-state index in [4.69, 9.17) is 0 Å². The van der Waals surface area contributed by atoms with Gasteiger partial charge in [0.1, 0.15) is 11.0 Å². The summed E-state index contributed by atoms with van der Waals surface area (Å²) < 4.78 is 13.7. The molecule has 0 aromatic heterocycles. The third-order valence-electron chi connectivity index (χ3n) is 2.23. The van der Waals surface area contributed by atoms with Crippen LogP contribution in [0.15, 0.2) is 12.7 Å². The predicted octanol–water partition coefficient (Wildman–Crippen LogP) is 1.39. The van der Waals surface area contributed by atoms with Crippen LogP contribution < -0.4 is 4.72 Å². The van der Waals surface area contributed by atoms with Gasteiger partial charge >= 0.3 is 0 Å². The van der Waals surface area contributed by atoms with Crippen LogP contribution in [0.25, 0.3) is 0 Å². The third-order valence-corrected chi connectivity index (χ3v) is 3.73. The van der Waals surface area contributed by atoms with Gasteiger partial charge in [-0.1, -0.05) is 6.08 Å². The van der Waals surface area contributed by atoms with Gasteiger partial charge in [-0.15, -0.1) is 6.58 Å². The Morgan fingerprint density at radius 1 is 1.57 bits per heavy atom. The first-order chi connectivity index (χ1) is 6.36. The summed E-state index contributed by atoms with van der Waals surface area (Å²) in [6.07, 6.45) is 2.63. The van der Waals surface area contributed by atoms with Gasteiger partial charge in [0.05, 0.1) is 4.75 Å². The van der Waals surface area contributed by atoms with E-state index in [1.54, 1.807) is 6.08 Å². The Morgan fingerprint density at radius 2 is 2.14 bits per heavy atom. The molecule has 80 valence electrons. The van der Waals surface area contributed by atoms with Gasteiger partial charge in [0.15, 0.2) is 0 Å². The summed E-state index contributed by atoms with van der Waals surface area (Å²) in [5.41, 5.74) is 0. The summed E-state index contributed by atoms with van der Waals surface area (Å²) >= 11 is 0. The summed E-state index contributed by atoms with van der Waals surface area (Å²) in [5.74, 6) is 0.175. The van der Waals surface area contributed by atoms with Gasteiger partial charge in [0.2, 0.25) is 5.91 Å². The number of allylic oxidation sites excluding steroid dienone is 1. The van der Waals surface area contributed by atoms with E-state index in [0.29, 0.717) is 0 Å². The average molecular weight is 215 g/mol. The molecule has 0 aromatic carbocycles. The number of rotatable bonds is 3. The molecule has 1 aliphatic rings. The van der Waals surface area contributed by atoms with Crippen LogP contribution in [0.4, 0.5) is 0 Å². The lowest BCUT2D eigenvalue weighted by Crippen LogP contribution is -2.38. The molecule has 0 radical (unpaired) electrons. The van der Waals surface area contributed by atoms with Crippen molar-refractivity contribution < 1.29 is 9.00 Å². The van der Waals surface area contributed by atoms with Crippen LogP contribution in [-0.4, -0.2) is 14.9 Å². The number of carbonyl (C=O) groups is 1. The van der Waals surface area contributed by atoms with Crippen LogP contribution in [-0.2, 0) is 15.8 Å². The second-order valence-electron chi connectivity index (χ2n) is 4.59. The molecule has 1 N–H and O–H groups in total. The average Bonchev–Trinajstić information content (AvgIpc) is 2.80. The molecule has 1 rings (SSSR count). The first-order valence-corrected chi connectivity index (χ1v) is 5.86. The Bertz CT molecular complexity index is 280. The van der Waals surface area contributed by atoms with Gasteiger partial charge in [-0.3, -0.25) is 9.52 Å². The van der Waals surface area contributed by atoms with E-state index in [-0.39, 0.29) is 17.7 Å². The predicted molar refractivity (Wildman–Crippen MR) is 57.8 cm³/mol. The van der Waals surface area contributed by atoms with Crippen molar-refractivity contribution in [2.75, 3.05) is 0 Å². The van der Waals surface area contributed by atoms with Gasteiger partial charge in [0, 0.05) is 5.92 Å². The van der Waals surface area contributed by atoms with Crippen molar-refractivity contribution >= 4 is 16.9 Å². The molecule has 0 heterocycles. The number of carbonyl (C=O) groups excluding carboxylic acids is 1. The Balaban J connectivity index is 2.43. The number of nitrogens with one attached hydrogen (secondary N) is 1. The topological polar surface area (TPSA) is 46.2 Å². The van der Waals surface area contributed by atoms with Crippen molar-refractivity contribution in [1.82, 2.24) is 4.72 Å². The lowest BCUT2D eigenvalue weighted by atomic mass is 10.3. The number of hydrogen-bond donors (Lipinski definition) is 1. The van der Waals surface area contributed by atoms with Crippen LogP contribution in [0.3, 0.4) is 0 Å². The van der Waals surface area contributed by atoms with Crippen molar-refractivity contribution in [1.29, 1.82) is 0 Å². The summed E-state index contributed by atoms with van der Waals surface area (Å²) in [7, 11) is -1.30. The van der Waals surface area contributed by atoms with Crippen molar-refractivity contribution in [3.05, 3.63) is 12.7 Å². The molecule has 14 heavy (non-hydrogen) atoms. The highest BCUT2D eigenvalue weighted by Gasteiger charge is 2.41. The second kappa shape index (κ2) is 3.85. The quantitative estimate of drug-likeness (QED) is 0.723. The Labute approximate surface area is 87.5 Å². The minimum atomic E-state index is -1.30. The number of hydrogen-bond acceptors (Lipinski definition) is 2. The van der Waals surface area contributed by atoms with Gasteiger partial charge in [-0.2, -0.15) is 0 Å². The van der Waals surface area contributed by atoms with E-state index in [2.05, 4.69) is 11.3 Å². The molecule has 3 unspecified atom stereocenters. The highest BCUT2D eigenvalue weighted by atomic mass is 32.2. The molecule has 1 aliphatic carbocycles. The second-order valence-corrected chi connectivity index (χ2v) is 6.56. The largest absolute Gasteiger partial charge is 0.274 e. The van der Waals surface area contributed by atoms with Crippen molar-refractivity contribution in [2.24, 2.45) is 11.8 Å². The molecule has 1 saturated carbocycles. The molecule has 1 fully saturated rings. The Morgan fingerprint density at radius 3 is 2.50 bits per heavy atom. The molecule has 0 saturated heterocycles. The van der Waals surface area contributed by atoms with Gasteiger partial charge in [-0.25, -0.2) is 4.21 Å². The first kappa shape index (κ1) is 11.4. The van der Waals surface area contributed by atoms with Crippen LogP contribution >= 0.6 is 0 Å². The molecule has 0 aromatic rings. The first-order valence-electron chi connectivity index (χ1n) is 4.71. The van der Waals surface area contributed by atoms with Crippen molar-refractivity contribution in [3.8, 4) is 0 Å². The van der Waals surface area contributed by atoms with E-state index < -0.39 is 15.7 Å². The Kier molecular flexibility index (Phi) is 3.14. The zero-order chi connectivity index (χ0) is 10.9. The standard InChI is InChI=1S/C10H17NO2S/c1-5-7-6-8(7)9(12)11-14(13)10(2,3)4/h5,7-8H,1,6H2,2-4H3,(H,11,12). The summed E-state index contributed by atoms with van der Waals surface area (Å²) in [6.45, 7) is 9.13. The molecule has 0 bridgehead atoms. The molecule has 1 amide bonds. The minimum Gasteiger partial charge on any atom is -0.274 e. The molecule has 3 nitrogen and oxygen atoms in total. The normalized spacial score (nSPS) is 27.9. The highest BCUT2D eigenvalue weighted by Crippen LogP contribution is 2.39. The van der Waals surface area contributed by atoms with Crippen LogP contribution in [0.2, 0.25) is 0 Å². The minimum absolute atomic E-state index is 0.00111. The third kappa shape index (κ3) is 2.67. The maximum Gasteiger partial charge on any atom is 0.235 e. The van der Waals surface area contributed by atoms with Crippen LogP contribution in [0.5, 0.6) is 0 Å². The lowest BCUT2D eigenvalue weighted by molar-refractivity contribution is -0.120. The molecular formula is C10H17NO2S. The summed E-state index contributed by atoms with van der Waals surface area (Å²) in [4.78, 5) is 11.5. The fourth-order valence-electron chi connectivity index (χ4n) is 1.10. The fourth-order valence-corrected chi connectivity index (χ4v) is 1.74. The van der Waals surface area contributed by atoms with Crippen molar-refractivity contribution in [3.63, 3.8) is 0 Å². The van der Waals surface area contributed by atoms with Crippen LogP contribution in [0, 0.1) is 11.8 Å². The molecule has 0 aliphatic heterocycles. The monoisotopic (exact) mass is 215 g/mol. The lowest BCUT2D eigenvalue weighted by Gasteiger charge is -2.17. The van der Waals surface area contributed by atoms with E-state index in [1.807, 2.05) is 20.8 Å². The van der Waals surface area contributed by atoms with Crippen LogP contribution in [0.1, 0.15) is 27.2 Å². The van der Waals surface area contributed by atoms with Gasteiger partial charge in [0.25, 0.3) is 0 Å². The Hall–Kier alpha value is -0.640. The fraction of sp³-hybridized carbons (Fsp3) is 0.700.